The highest BCUT2D eigenvalue weighted by Crippen LogP contribution is 2.22. The van der Waals surface area contributed by atoms with E-state index in [0.29, 0.717) is 18.8 Å². The topological polar surface area (TPSA) is 66.4 Å². The Kier molecular flexibility index (Phi) is 4.65. The first-order valence-electron chi connectivity index (χ1n) is 8.10. The molecule has 2 aliphatic rings. The van der Waals surface area contributed by atoms with Crippen molar-refractivity contribution >= 4 is 11.8 Å². The Balaban J connectivity index is 1.54. The molecule has 1 aromatic heterocycles. The van der Waals surface area contributed by atoms with Gasteiger partial charge < -0.3 is 9.80 Å². The van der Waals surface area contributed by atoms with Crippen molar-refractivity contribution in [3.05, 3.63) is 24.3 Å². The molecule has 2 saturated heterocycles. The van der Waals surface area contributed by atoms with Crippen LogP contribution in [-0.4, -0.2) is 57.8 Å². The molecule has 22 heavy (non-hydrogen) atoms. The number of hydrogen-bond acceptors (Lipinski definition) is 4. The Labute approximate surface area is 130 Å². The van der Waals surface area contributed by atoms with Gasteiger partial charge >= 0.3 is 0 Å². The predicted molar refractivity (Wildman–Crippen MR) is 81.1 cm³/mol. The third-order valence-corrected chi connectivity index (χ3v) is 4.58. The van der Waals surface area contributed by atoms with E-state index in [9.17, 15) is 9.59 Å². The van der Waals surface area contributed by atoms with Gasteiger partial charge in [-0.15, -0.1) is 0 Å². The summed E-state index contributed by atoms with van der Waals surface area (Å²) in [6, 6.07) is 0. The number of aromatic nitrogens is 2. The minimum absolute atomic E-state index is 0.0732. The van der Waals surface area contributed by atoms with Gasteiger partial charge in [0.05, 0.1) is 6.20 Å². The lowest BCUT2D eigenvalue weighted by atomic mass is 9.94. The highest BCUT2D eigenvalue weighted by atomic mass is 16.2. The van der Waals surface area contributed by atoms with E-state index in [1.807, 2.05) is 4.90 Å². The zero-order chi connectivity index (χ0) is 15.4. The van der Waals surface area contributed by atoms with Gasteiger partial charge in [-0.25, -0.2) is 4.98 Å². The van der Waals surface area contributed by atoms with Gasteiger partial charge in [0.25, 0.3) is 5.91 Å². The van der Waals surface area contributed by atoms with Crippen molar-refractivity contribution in [2.75, 3.05) is 26.2 Å². The first-order valence-corrected chi connectivity index (χ1v) is 8.10. The van der Waals surface area contributed by atoms with Crippen LogP contribution in [0.3, 0.4) is 0 Å². The Hall–Kier alpha value is -1.98. The Morgan fingerprint density at radius 2 is 1.68 bits per heavy atom. The van der Waals surface area contributed by atoms with E-state index in [1.165, 1.54) is 18.8 Å². The molecule has 0 N–H and O–H groups in total. The number of nitrogens with zero attached hydrogens (tertiary/aromatic N) is 4. The van der Waals surface area contributed by atoms with Crippen LogP contribution in [-0.2, 0) is 4.79 Å². The molecule has 0 aromatic carbocycles. The summed E-state index contributed by atoms with van der Waals surface area (Å²) >= 11 is 0. The summed E-state index contributed by atoms with van der Waals surface area (Å²) in [5.74, 6) is 0.271. The third kappa shape index (κ3) is 3.26. The minimum atomic E-state index is -0.0861. The monoisotopic (exact) mass is 302 g/mol. The second kappa shape index (κ2) is 6.85. The Bertz CT molecular complexity index is 520. The summed E-state index contributed by atoms with van der Waals surface area (Å²) in [5, 5.41) is 0. The summed E-state index contributed by atoms with van der Waals surface area (Å²) < 4.78 is 0. The van der Waals surface area contributed by atoms with E-state index in [1.54, 1.807) is 11.1 Å². The molecule has 6 heteroatoms. The standard InChI is InChI=1S/C16H22N4O2/c21-15(19-8-2-1-3-9-19)13-4-10-20(11-5-13)16(22)14-12-17-6-7-18-14/h6-7,12-13H,1-5,8-11H2. The molecule has 2 fully saturated rings. The summed E-state index contributed by atoms with van der Waals surface area (Å²) in [4.78, 5) is 36.6. The third-order valence-electron chi connectivity index (χ3n) is 4.58. The first kappa shape index (κ1) is 14.9. The second-order valence-electron chi connectivity index (χ2n) is 6.04. The highest BCUT2D eigenvalue weighted by molar-refractivity contribution is 5.92. The normalized spacial score (nSPS) is 20.0. The lowest BCUT2D eigenvalue weighted by Crippen LogP contribution is -2.45. The summed E-state index contributed by atoms with van der Waals surface area (Å²) in [7, 11) is 0. The number of hydrogen-bond donors (Lipinski definition) is 0. The van der Waals surface area contributed by atoms with Crippen LogP contribution in [0.2, 0.25) is 0 Å². The van der Waals surface area contributed by atoms with Crippen molar-refractivity contribution < 1.29 is 9.59 Å². The summed E-state index contributed by atoms with van der Waals surface area (Å²) in [6.45, 7) is 3.05. The average Bonchev–Trinajstić information content (AvgIpc) is 2.62. The maximum atomic E-state index is 12.5. The quantitative estimate of drug-likeness (QED) is 0.827. The molecule has 0 atom stereocenters. The Morgan fingerprint density at radius 3 is 2.32 bits per heavy atom. The van der Waals surface area contributed by atoms with Crippen LogP contribution in [0.25, 0.3) is 0 Å². The van der Waals surface area contributed by atoms with Crippen molar-refractivity contribution in [1.82, 2.24) is 19.8 Å². The molecular weight excluding hydrogens is 280 g/mol. The van der Waals surface area contributed by atoms with Crippen LogP contribution in [0.15, 0.2) is 18.6 Å². The van der Waals surface area contributed by atoms with Gasteiger partial charge in [-0.1, -0.05) is 0 Å². The van der Waals surface area contributed by atoms with E-state index < -0.39 is 0 Å². The average molecular weight is 302 g/mol. The molecule has 0 unspecified atom stereocenters. The van der Waals surface area contributed by atoms with Crippen LogP contribution in [0.1, 0.15) is 42.6 Å². The molecular formula is C16H22N4O2. The largest absolute Gasteiger partial charge is 0.342 e. The maximum Gasteiger partial charge on any atom is 0.274 e. The summed E-state index contributed by atoms with van der Waals surface area (Å²) in [6.07, 6.45) is 9.55. The minimum Gasteiger partial charge on any atom is -0.342 e. The van der Waals surface area contributed by atoms with E-state index in [2.05, 4.69) is 9.97 Å². The summed E-state index contributed by atoms with van der Waals surface area (Å²) in [5.41, 5.74) is 0.378. The van der Waals surface area contributed by atoms with Crippen molar-refractivity contribution in [1.29, 1.82) is 0 Å². The maximum absolute atomic E-state index is 12.5. The molecule has 0 radical (unpaired) electrons. The van der Waals surface area contributed by atoms with Gasteiger partial charge in [0.2, 0.25) is 5.91 Å². The molecule has 2 aliphatic heterocycles. The second-order valence-corrected chi connectivity index (χ2v) is 6.04. The number of likely N-dealkylation sites (tertiary alicyclic amines) is 2. The van der Waals surface area contributed by atoms with Gasteiger partial charge in [0.1, 0.15) is 5.69 Å². The number of carbonyl (C=O) groups is 2. The van der Waals surface area contributed by atoms with Crippen molar-refractivity contribution in [3.63, 3.8) is 0 Å². The lowest BCUT2D eigenvalue weighted by Gasteiger charge is -2.35. The molecule has 6 nitrogen and oxygen atoms in total. The van der Waals surface area contributed by atoms with Gasteiger partial charge in [-0.05, 0) is 32.1 Å². The number of amides is 2. The number of carbonyl (C=O) groups excluding carboxylic acids is 2. The molecule has 3 heterocycles. The fourth-order valence-electron chi connectivity index (χ4n) is 3.27. The molecule has 0 bridgehead atoms. The molecule has 2 amide bonds. The fourth-order valence-corrected chi connectivity index (χ4v) is 3.27. The van der Waals surface area contributed by atoms with Gasteiger partial charge in [-0.3, -0.25) is 14.6 Å². The first-order chi connectivity index (χ1) is 10.8. The van der Waals surface area contributed by atoms with E-state index >= 15 is 0 Å². The predicted octanol–water partition coefficient (Wildman–Crippen LogP) is 1.34. The van der Waals surface area contributed by atoms with Crippen molar-refractivity contribution in [3.8, 4) is 0 Å². The van der Waals surface area contributed by atoms with Crippen molar-refractivity contribution in [2.24, 2.45) is 5.92 Å². The molecule has 3 rings (SSSR count). The van der Waals surface area contributed by atoms with Gasteiger partial charge in [0.15, 0.2) is 0 Å². The molecule has 0 saturated carbocycles. The molecule has 118 valence electrons. The van der Waals surface area contributed by atoms with E-state index in [-0.39, 0.29) is 17.7 Å². The fraction of sp³-hybridized carbons (Fsp3) is 0.625. The SMILES string of the molecule is O=C(c1cnccn1)N1CCC(C(=O)N2CCCCC2)CC1. The van der Waals surface area contributed by atoms with Crippen LogP contribution in [0.4, 0.5) is 0 Å². The van der Waals surface area contributed by atoms with Crippen LogP contribution >= 0.6 is 0 Å². The molecule has 0 aliphatic carbocycles. The van der Waals surface area contributed by atoms with Crippen LogP contribution < -0.4 is 0 Å². The highest BCUT2D eigenvalue weighted by Gasteiger charge is 2.31. The molecule has 0 spiro atoms. The van der Waals surface area contributed by atoms with Crippen LogP contribution in [0, 0.1) is 5.92 Å². The smallest absolute Gasteiger partial charge is 0.274 e. The molecule has 1 aromatic rings. The van der Waals surface area contributed by atoms with Crippen LogP contribution in [0.5, 0.6) is 0 Å². The van der Waals surface area contributed by atoms with E-state index in [0.717, 1.165) is 38.8 Å². The van der Waals surface area contributed by atoms with Gasteiger partial charge in [0, 0.05) is 44.5 Å². The zero-order valence-electron chi connectivity index (χ0n) is 12.8. The Morgan fingerprint density at radius 1 is 0.955 bits per heavy atom. The number of rotatable bonds is 2. The number of piperidine rings is 2. The van der Waals surface area contributed by atoms with Gasteiger partial charge in [-0.2, -0.15) is 0 Å². The zero-order valence-corrected chi connectivity index (χ0v) is 12.8. The van der Waals surface area contributed by atoms with E-state index in [4.69, 9.17) is 0 Å². The lowest BCUT2D eigenvalue weighted by molar-refractivity contribution is -0.137. The van der Waals surface area contributed by atoms with Crippen molar-refractivity contribution in [2.45, 2.75) is 32.1 Å².